The van der Waals surface area contributed by atoms with Crippen LogP contribution in [-0.2, 0) is 4.79 Å². The van der Waals surface area contributed by atoms with Crippen molar-refractivity contribution in [1.82, 2.24) is 25.6 Å². The number of hydrogen-bond acceptors (Lipinski definition) is 6. The van der Waals surface area contributed by atoms with E-state index in [0.29, 0.717) is 23.8 Å². The number of carbonyl (C=O) groups excluding carboxylic acids is 2. The van der Waals surface area contributed by atoms with E-state index in [2.05, 4.69) is 36.2 Å². The average molecular weight is 418 g/mol. The van der Waals surface area contributed by atoms with Crippen molar-refractivity contribution in [3.05, 3.63) is 58.0 Å². The number of benzene rings is 1. The van der Waals surface area contributed by atoms with Gasteiger partial charge < -0.3 is 10.6 Å². The third kappa shape index (κ3) is 3.80. The molecule has 0 spiro atoms. The lowest BCUT2D eigenvalue weighted by Crippen LogP contribution is -2.17. The second-order valence-corrected chi connectivity index (χ2v) is 7.00. The van der Waals surface area contributed by atoms with Gasteiger partial charge in [-0.05, 0) is 24.6 Å². The molecule has 0 radical (unpaired) electrons. The van der Waals surface area contributed by atoms with E-state index in [1.165, 1.54) is 6.20 Å². The van der Waals surface area contributed by atoms with Gasteiger partial charge in [-0.2, -0.15) is 5.21 Å². The number of aromatic amines is 1. The zero-order valence-electron chi connectivity index (χ0n) is 14.2. The van der Waals surface area contributed by atoms with Crippen molar-refractivity contribution in [3.8, 4) is 0 Å². The molecule has 9 nitrogen and oxygen atoms in total. The first kappa shape index (κ1) is 18.3. The molecule has 2 heterocycles. The Morgan fingerprint density at radius 3 is 2.64 bits per heavy atom. The highest BCUT2D eigenvalue weighted by Gasteiger charge is 2.46. The molecule has 3 aromatic rings. The molecule has 3 N–H and O–H groups in total. The van der Waals surface area contributed by atoms with Gasteiger partial charge in [-0.25, -0.2) is 4.98 Å². The number of hydrogen-bond donors (Lipinski definition) is 3. The number of amides is 2. The second kappa shape index (κ2) is 7.53. The molecule has 4 rings (SSSR count). The number of anilines is 2. The molecule has 142 valence electrons. The third-order valence-corrected chi connectivity index (χ3v) is 4.91. The summed E-state index contributed by atoms with van der Waals surface area (Å²) in [4.78, 5) is 28.9. The van der Waals surface area contributed by atoms with E-state index in [1.54, 1.807) is 30.3 Å². The van der Waals surface area contributed by atoms with Crippen molar-refractivity contribution >= 4 is 46.5 Å². The summed E-state index contributed by atoms with van der Waals surface area (Å²) in [6.45, 7) is 0. The Hall–Kier alpha value is -3.04. The van der Waals surface area contributed by atoms with Crippen molar-refractivity contribution in [2.24, 2.45) is 5.92 Å². The largest absolute Gasteiger partial charge is 0.322 e. The fourth-order valence-corrected chi connectivity index (χ4v) is 3.37. The van der Waals surface area contributed by atoms with Crippen LogP contribution in [-0.4, -0.2) is 37.4 Å². The van der Waals surface area contributed by atoms with Crippen LogP contribution in [0.3, 0.4) is 0 Å². The molecule has 0 saturated heterocycles. The highest BCUT2D eigenvalue weighted by atomic mass is 35.5. The van der Waals surface area contributed by atoms with Crippen LogP contribution in [0.4, 0.5) is 11.5 Å². The van der Waals surface area contributed by atoms with Gasteiger partial charge in [0, 0.05) is 29.8 Å². The summed E-state index contributed by atoms with van der Waals surface area (Å²) < 4.78 is 0. The smallest absolute Gasteiger partial charge is 0.258 e. The van der Waals surface area contributed by atoms with E-state index in [0.717, 1.165) is 0 Å². The SMILES string of the molecule is O=C(Nc1ccnc(NC(=O)[C@H]2C[C@H]2c2nn[nH]n2)c1)c1c(Cl)cccc1Cl. The van der Waals surface area contributed by atoms with Crippen LogP contribution in [0.1, 0.15) is 28.5 Å². The lowest BCUT2D eigenvalue weighted by Gasteiger charge is -2.10. The lowest BCUT2D eigenvalue weighted by atomic mass is 10.2. The second-order valence-electron chi connectivity index (χ2n) is 6.19. The Balaban J connectivity index is 1.42. The summed E-state index contributed by atoms with van der Waals surface area (Å²) in [5.41, 5.74) is 0.617. The molecule has 1 saturated carbocycles. The Morgan fingerprint density at radius 1 is 1.14 bits per heavy atom. The minimum absolute atomic E-state index is 0.0519. The zero-order valence-corrected chi connectivity index (χ0v) is 15.7. The molecular weight excluding hydrogens is 405 g/mol. The maximum Gasteiger partial charge on any atom is 0.258 e. The predicted molar refractivity (Wildman–Crippen MR) is 102 cm³/mol. The fraction of sp³-hybridized carbons (Fsp3) is 0.176. The van der Waals surface area contributed by atoms with E-state index in [4.69, 9.17) is 23.2 Å². The van der Waals surface area contributed by atoms with Crippen molar-refractivity contribution in [1.29, 1.82) is 0 Å². The predicted octanol–water partition coefficient (Wildman–Crippen LogP) is 2.90. The number of aromatic nitrogens is 5. The summed E-state index contributed by atoms with van der Waals surface area (Å²) in [6, 6.07) is 7.96. The van der Waals surface area contributed by atoms with E-state index in [-0.39, 0.29) is 33.4 Å². The molecular formula is C17H13Cl2N7O2. The number of halogens is 2. The molecule has 2 amide bonds. The van der Waals surface area contributed by atoms with Gasteiger partial charge in [-0.15, -0.1) is 10.2 Å². The highest BCUT2D eigenvalue weighted by Crippen LogP contribution is 2.46. The van der Waals surface area contributed by atoms with Gasteiger partial charge in [-0.1, -0.05) is 34.5 Å². The summed E-state index contributed by atoms with van der Waals surface area (Å²) in [7, 11) is 0. The third-order valence-electron chi connectivity index (χ3n) is 4.28. The number of nitrogens with one attached hydrogen (secondary N) is 3. The normalized spacial score (nSPS) is 17.8. The van der Waals surface area contributed by atoms with Crippen LogP contribution in [0.2, 0.25) is 10.0 Å². The minimum Gasteiger partial charge on any atom is -0.322 e. The first-order valence-electron chi connectivity index (χ1n) is 8.28. The Bertz CT molecular complexity index is 1020. The molecule has 2 atom stereocenters. The maximum absolute atomic E-state index is 12.5. The molecule has 0 bridgehead atoms. The van der Waals surface area contributed by atoms with E-state index in [9.17, 15) is 9.59 Å². The number of pyridine rings is 1. The van der Waals surface area contributed by atoms with E-state index < -0.39 is 5.91 Å². The summed E-state index contributed by atoms with van der Waals surface area (Å²) in [5, 5.41) is 19.6. The molecule has 1 aromatic carbocycles. The van der Waals surface area contributed by atoms with Crippen molar-refractivity contribution in [2.45, 2.75) is 12.3 Å². The van der Waals surface area contributed by atoms with Crippen LogP contribution in [0, 0.1) is 5.92 Å². The summed E-state index contributed by atoms with van der Waals surface area (Å²) >= 11 is 12.1. The topological polar surface area (TPSA) is 126 Å². The Labute approximate surface area is 168 Å². The molecule has 11 heteroatoms. The molecule has 2 aromatic heterocycles. The van der Waals surface area contributed by atoms with Crippen LogP contribution in [0.5, 0.6) is 0 Å². The number of rotatable bonds is 5. The standard InChI is InChI=1S/C17H13Cl2N7O2/c18-11-2-1-3-12(19)14(11)17(28)21-8-4-5-20-13(6-8)22-16(27)10-7-9(10)15-23-25-26-24-15/h1-6,9-10H,7H2,(H,23,24,25,26)(H2,20,21,22,27,28)/t9-,10+/m1/s1. The average Bonchev–Trinajstić information content (AvgIpc) is 3.27. The molecule has 1 aliphatic rings. The quantitative estimate of drug-likeness (QED) is 0.585. The van der Waals surface area contributed by atoms with Gasteiger partial charge in [0.2, 0.25) is 5.91 Å². The van der Waals surface area contributed by atoms with Gasteiger partial charge in [-0.3, -0.25) is 9.59 Å². The van der Waals surface area contributed by atoms with Crippen molar-refractivity contribution in [3.63, 3.8) is 0 Å². The Kier molecular flexibility index (Phi) is 4.93. The highest BCUT2D eigenvalue weighted by molar-refractivity contribution is 6.40. The van der Waals surface area contributed by atoms with E-state index >= 15 is 0 Å². The first-order chi connectivity index (χ1) is 13.5. The molecule has 0 unspecified atom stereocenters. The van der Waals surface area contributed by atoms with E-state index in [1.807, 2.05) is 0 Å². The minimum atomic E-state index is -0.460. The van der Waals surface area contributed by atoms with Gasteiger partial charge in [0.25, 0.3) is 5.91 Å². The number of H-pyrrole nitrogens is 1. The number of nitrogens with zero attached hydrogens (tertiary/aromatic N) is 4. The van der Waals surface area contributed by atoms with Crippen LogP contribution >= 0.6 is 23.2 Å². The summed E-state index contributed by atoms with van der Waals surface area (Å²) in [5.74, 6) is -0.112. The van der Waals surface area contributed by atoms with Gasteiger partial charge in [0.15, 0.2) is 5.82 Å². The zero-order chi connectivity index (χ0) is 19.7. The van der Waals surface area contributed by atoms with Crippen LogP contribution < -0.4 is 10.6 Å². The molecule has 0 aliphatic heterocycles. The molecule has 1 fully saturated rings. The van der Waals surface area contributed by atoms with Crippen LogP contribution in [0.25, 0.3) is 0 Å². The van der Waals surface area contributed by atoms with Gasteiger partial charge in [0.1, 0.15) is 5.82 Å². The molecule has 28 heavy (non-hydrogen) atoms. The summed E-state index contributed by atoms with van der Waals surface area (Å²) in [6.07, 6.45) is 2.12. The van der Waals surface area contributed by atoms with Crippen LogP contribution in [0.15, 0.2) is 36.5 Å². The first-order valence-corrected chi connectivity index (χ1v) is 9.04. The lowest BCUT2D eigenvalue weighted by molar-refractivity contribution is -0.117. The monoisotopic (exact) mass is 417 g/mol. The number of tetrazole rings is 1. The maximum atomic E-state index is 12.5. The molecule has 1 aliphatic carbocycles. The van der Waals surface area contributed by atoms with Gasteiger partial charge in [0.05, 0.1) is 15.6 Å². The van der Waals surface area contributed by atoms with Crippen molar-refractivity contribution in [2.75, 3.05) is 10.6 Å². The number of carbonyl (C=O) groups is 2. The Morgan fingerprint density at radius 2 is 1.93 bits per heavy atom. The fourth-order valence-electron chi connectivity index (χ4n) is 2.80. The van der Waals surface area contributed by atoms with Crippen molar-refractivity contribution < 1.29 is 9.59 Å². The van der Waals surface area contributed by atoms with Gasteiger partial charge >= 0.3 is 0 Å².